The number of hydrogen-bond donors (Lipinski definition) is 2. The number of alkyl halides is 6. The third-order valence-corrected chi connectivity index (χ3v) is 5.07. The third-order valence-electron chi connectivity index (χ3n) is 2.65. The van der Waals surface area contributed by atoms with Crippen LogP contribution in [0.3, 0.4) is 0 Å². The number of carbonyl (C=O) groups is 4. The maximum atomic E-state index is 12.3. The Hall–Kier alpha value is -1.84. The molecule has 162 valence electrons. The number of ether oxygens (including phenoxy) is 2. The van der Waals surface area contributed by atoms with Crippen LogP contribution in [0.25, 0.3) is 0 Å². The molecule has 0 spiro atoms. The number of methoxy groups -OCH3 is 2. The first-order valence-corrected chi connectivity index (χ1v) is 9.38. The van der Waals surface area contributed by atoms with E-state index in [0.29, 0.717) is 21.6 Å². The van der Waals surface area contributed by atoms with Gasteiger partial charge < -0.3 is 20.1 Å². The highest BCUT2D eigenvalue weighted by molar-refractivity contribution is 8.76. The molecule has 2 atom stereocenters. The van der Waals surface area contributed by atoms with Gasteiger partial charge in [-0.15, -0.1) is 0 Å². The van der Waals surface area contributed by atoms with Crippen molar-refractivity contribution in [3.8, 4) is 0 Å². The summed E-state index contributed by atoms with van der Waals surface area (Å²) in [6, 6.07) is -3.42. The zero-order chi connectivity index (χ0) is 22.1. The summed E-state index contributed by atoms with van der Waals surface area (Å²) in [5.74, 6) is -8.11. The number of esters is 2. The molecule has 0 aromatic heterocycles. The minimum atomic E-state index is -5.25. The van der Waals surface area contributed by atoms with Crippen LogP contribution >= 0.6 is 21.6 Å². The minimum Gasteiger partial charge on any atom is -0.467 e. The molecule has 0 bridgehead atoms. The smallest absolute Gasteiger partial charge is 0.467 e. The second-order valence-corrected chi connectivity index (χ2v) is 7.22. The van der Waals surface area contributed by atoms with Crippen molar-refractivity contribution < 1.29 is 55.0 Å². The van der Waals surface area contributed by atoms with E-state index in [0.717, 1.165) is 14.2 Å². The Morgan fingerprint density at radius 2 is 1.04 bits per heavy atom. The zero-order valence-corrected chi connectivity index (χ0v) is 15.7. The standard InChI is InChI=1S/C12H14F6N2O6S2/c1-25-7(21)5(19-9(23)11(13,14)15)3-27-28-4-6(8(22)26-2)20-10(24)12(16,17)18/h5-6H,3-4H2,1-2H3,(H,19,23)(H,20,24)/t5-,6-/m0/s1. The van der Waals surface area contributed by atoms with Crippen molar-refractivity contribution in [2.45, 2.75) is 24.4 Å². The molecule has 0 aromatic carbocycles. The highest BCUT2D eigenvalue weighted by Crippen LogP contribution is 2.25. The minimum absolute atomic E-state index is 0.472. The van der Waals surface area contributed by atoms with Gasteiger partial charge in [-0.05, 0) is 0 Å². The maximum Gasteiger partial charge on any atom is 0.471 e. The molecule has 0 rings (SSSR count). The molecule has 2 N–H and O–H groups in total. The molecule has 8 nitrogen and oxygen atoms in total. The molecule has 0 aliphatic heterocycles. The van der Waals surface area contributed by atoms with E-state index < -0.39 is 59.7 Å². The van der Waals surface area contributed by atoms with Crippen molar-refractivity contribution in [2.75, 3.05) is 25.7 Å². The van der Waals surface area contributed by atoms with E-state index in [2.05, 4.69) is 9.47 Å². The average molecular weight is 460 g/mol. The van der Waals surface area contributed by atoms with E-state index in [-0.39, 0.29) is 0 Å². The number of amides is 2. The van der Waals surface area contributed by atoms with Crippen LogP contribution in [0.4, 0.5) is 26.3 Å². The third kappa shape index (κ3) is 9.38. The van der Waals surface area contributed by atoms with Crippen LogP contribution < -0.4 is 10.6 Å². The molecule has 0 radical (unpaired) electrons. The molecule has 0 aliphatic carbocycles. The fourth-order valence-electron chi connectivity index (χ4n) is 1.33. The van der Waals surface area contributed by atoms with E-state index in [1.165, 1.54) is 10.6 Å². The van der Waals surface area contributed by atoms with Crippen LogP contribution in [0.15, 0.2) is 0 Å². The summed E-state index contributed by atoms with van der Waals surface area (Å²) in [6.45, 7) is 0. The Bertz CT molecular complexity index is 536. The lowest BCUT2D eigenvalue weighted by molar-refractivity contribution is -0.175. The van der Waals surface area contributed by atoms with E-state index in [4.69, 9.17) is 0 Å². The highest BCUT2D eigenvalue weighted by atomic mass is 33.1. The fraction of sp³-hybridized carbons (Fsp3) is 0.667. The molecule has 0 saturated carbocycles. The quantitative estimate of drug-likeness (QED) is 0.225. The van der Waals surface area contributed by atoms with Crippen LogP contribution in [0.1, 0.15) is 0 Å². The van der Waals surface area contributed by atoms with Gasteiger partial charge in [0.2, 0.25) is 0 Å². The van der Waals surface area contributed by atoms with Crippen molar-refractivity contribution in [3.63, 3.8) is 0 Å². The van der Waals surface area contributed by atoms with Gasteiger partial charge in [-0.1, -0.05) is 21.6 Å². The summed E-state index contributed by atoms with van der Waals surface area (Å²) in [5, 5.41) is 2.80. The Morgan fingerprint density at radius 3 is 1.25 bits per heavy atom. The summed E-state index contributed by atoms with van der Waals surface area (Å²) in [6.07, 6.45) is -10.5. The van der Waals surface area contributed by atoms with Crippen molar-refractivity contribution in [1.82, 2.24) is 10.6 Å². The van der Waals surface area contributed by atoms with Gasteiger partial charge in [0.05, 0.1) is 14.2 Å². The van der Waals surface area contributed by atoms with Crippen molar-refractivity contribution in [1.29, 1.82) is 0 Å². The fourth-order valence-corrected chi connectivity index (χ4v) is 3.63. The summed E-state index contributed by atoms with van der Waals surface area (Å²) >= 11 is 0. The molecule has 2 amide bonds. The number of hydrogen-bond acceptors (Lipinski definition) is 8. The van der Waals surface area contributed by atoms with Crippen molar-refractivity contribution >= 4 is 45.3 Å². The number of rotatable bonds is 9. The van der Waals surface area contributed by atoms with Crippen LogP contribution in [0.5, 0.6) is 0 Å². The molecular formula is C12H14F6N2O6S2. The first-order chi connectivity index (χ1) is 12.7. The van der Waals surface area contributed by atoms with Gasteiger partial charge in [-0.25, -0.2) is 9.59 Å². The van der Waals surface area contributed by atoms with E-state index in [9.17, 15) is 45.5 Å². The molecule has 28 heavy (non-hydrogen) atoms. The summed E-state index contributed by atoms with van der Waals surface area (Å²) in [4.78, 5) is 44.7. The number of nitrogens with one attached hydrogen (secondary N) is 2. The van der Waals surface area contributed by atoms with Crippen molar-refractivity contribution in [3.05, 3.63) is 0 Å². The predicted octanol–water partition coefficient (Wildman–Crippen LogP) is 0.808. The van der Waals surface area contributed by atoms with Crippen LogP contribution in [0, 0.1) is 0 Å². The van der Waals surface area contributed by atoms with Crippen molar-refractivity contribution in [2.24, 2.45) is 0 Å². The lowest BCUT2D eigenvalue weighted by Crippen LogP contribution is -2.49. The van der Waals surface area contributed by atoms with E-state index in [1.54, 1.807) is 0 Å². The molecule has 0 unspecified atom stereocenters. The molecule has 16 heteroatoms. The van der Waals surface area contributed by atoms with E-state index >= 15 is 0 Å². The Morgan fingerprint density at radius 1 is 0.750 bits per heavy atom. The van der Waals surface area contributed by atoms with Gasteiger partial charge in [0.1, 0.15) is 12.1 Å². The molecule has 0 heterocycles. The first-order valence-electron chi connectivity index (χ1n) is 6.89. The maximum absolute atomic E-state index is 12.3. The average Bonchev–Trinajstić information content (AvgIpc) is 2.59. The Kier molecular flexibility index (Phi) is 10.5. The summed E-state index contributed by atoms with van der Waals surface area (Å²) in [7, 11) is 3.02. The number of halogens is 6. The van der Waals surface area contributed by atoms with Crippen LogP contribution in [-0.2, 0) is 28.7 Å². The summed E-state index contributed by atoms with van der Waals surface area (Å²) < 4.78 is 82.0. The lowest BCUT2D eigenvalue weighted by atomic mass is 10.3. The molecule has 0 saturated heterocycles. The van der Waals surface area contributed by atoms with Gasteiger partial charge in [-0.2, -0.15) is 26.3 Å². The molecule has 0 aliphatic rings. The topological polar surface area (TPSA) is 111 Å². The molecule has 0 fully saturated rings. The Labute approximate surface area is 161 Å². The predicted molar refractivity (Wildman–Crippen MR) is 84.9 cm³/mol. The normalized spacial score (nSPS) is 13.9. The molecular weight excluding hydrogens is 446 g/mol. The summed E-state index contributed by atoms with van der Waals surface area (Å²) in [5.41, 5.74) is 0. The second kappa shape index (κ2) is 11.2. The van der Waals surface area contributed by atoms with Gasteiger partial charge >= 0.3 is 36.1 Å². The number of carbonyl (C=O) groups excluding carboxylic acids is 4. The first kappa shape index (κ1) is 26.2. The van der Waals surface area contributed by atoms with Gasteiger partial charge in [0, 0.05) is 11.5 Å². The van der Waals surface area contributed by atoms with Crippen LogP contribution in [-0.4, -0.2) is 73.9 Å². The zero-order valence-electron chi connectivity index (χ0n) is 14.1. The Balaban J connectivity index is 4.79. The van der Waals surface area contributed by atoms with Gasteiger partial charge in [-0.3, -0.25) is 9.59 Å². The highest BCUT2D eigenvalue weighted by Gasteiger charge is 2.42. The second-order valence-electron chi connectivity index (χ2n) is 4.66. The van der Waals surface area contributed by atoms with Gasteiger partial charge in [0.15, 0.2) is 0 Å². The SMILES string of the molecule is COC(=O)[C@H](CSSC[C@H](NC(=O)C(F)(F)F)C(=O)OC)NC(=O)C(F)(F)F. The van der Waals surface area contributed by atoms with Crippen LogP contribution in [0.2, 0.25) is 0 Å². The van der Waals surface area contributed by atoms with Gasteiger partial charge in [0.25, 0.3) is 0 Å². The largest absolute Gasteiger partial charge is 0.471 e. The lowest BCUT2D eigenvalue weighted by Gasteiger charge is -2.18. The monoisotopic (exact) mass is 460 g/mol. The van der Waals surface area contributed by atoms with E-state index in [1.807, 2.05) is 0 Å². The molecule has 0 aromatic rings.